The van der Waals surface area contributed by atoms with Crippen LogP contribution in [0, 0.1) is 6.92 Å². The largest absolute Gasteiger partial charge is 0.496 e. The highest BCUT2D eigenvalue weighted by Crippen LogP contribution is 2.26. The molecule has 0 aliphatic rings. The summed E-state index contributed by atoms with van der Waals surface area (Å²) in [5.74, 6) is 0.783. The van der Waals surface area contributed by atoms with E-state index in [4.69, 9.17) is 4.74 Å². The van der Waals surface area contributed by atoms with Crippen LogP contribution in [0.1, 0.15) is 35.7 Å². The summed E-state index contributed by atoms with van der Waals surface area (Å²) in [7, 11) is 1.64. The molecule has 22 heavy (non-hydrogen) atoms. The quantitative estimate of drug-likeness (QED) is 0.857. The number of para-hydroxylation sites is 1. The van der Waals surface area contributed by atoms with Gasteiger partial charge in [0.15, 0.2) is 0 Å². The second-order valence-electron chi connectivity index (χ2n) is 4.91. The number of hydrogen-bond donors (Lipinski definition) is 2. The zero-order chi connectivity index (χ0) is 15.9. The van der Waals surface area contributed by atoms with E-state index in [1.807, 2.05) is 43.5 Å². The second-order valence-corrected chi connectivity index (χ2v) is 5.86. The molecule has 0 aliphatic heterocycles. The van der Waals surface area contributed by atoms with Gasteiger partial charge in [0, 0.05) is 16.6 Å². The number of benzene rings is 1. The number of urea groups is 1. The van der Waals surface area contributed by atoms with Gasteiger partial charge in [0.05, 0.1) is 19.7 Å². The maximum atomic E-state index is 12.1. The van der Waals surface area contributed by atoms with Crippen LogP contribution in [-0.4, -0.2) is 18.1 Å². The molecule has 0 bridgehead atoms. The summed E-state index contributed by atoms with van der Waals surface area (Å²) < 4.78 is 5.36. The minimum atomic E-state index is -0.203. The van der Waals surface area contributed by atoms with Crippen LogP contribution in [0.2, 0.25) is 0 Å². The molecule has 0 radical (unpaired) electrons. The molecule has 0 unspecified atom stereocenters. The van der Waals surface area contributed by atoms with Gasteiger partial charge < -0.3 is 15.4 Å². The van der Waals surface area contributed by atoms with E-state index in [9.17, 15) is 4.79 Å². The molecule has 1 atom stereocenters. The van der Waals surface area contributed by atoms with Crippen LogP contribution in [-0.2, 0) is 6.54 Å². The Bertz CT molecular complexity index is 627. The van der Waals surface area contributed by atoms with Crippen molar-refractivity contribution < 1.29 is 9.53 Å². The fourth-order valence-corrected chi connectivity index (χ4v) is 2.91. The van der Waals surface area contributed by atoms with Crippen molar-refractivity contribution in [3.63, 3.8) is 0 Å². The lowest BCUT2D eigenvalue weighted by Crippen LogP contribution is -2.37. The summed E-state index contributed by atoms with van der Waals surface area (Å²) in [6.07, 6.45) is 0.782. The molecule has 0 spiro atoms. The molecule has 6 heteroatoms. The SMILES string of the molecule is CC[C@@H](NC(=O)NCc1nc(C)cs1)c1ccccc1OC. The summed E-state index contributed by atoms with van der Waals surface area (Å²) in [5.41, 5.74) is 1.95. The fraction of sp³-hybridized carbons (Fsp3) is 0.375. The van der Waals surface area contributed by atoms with E-state index in [-0.39, 0.29) is 12.1 Å². The Labute approximate surface area is 134 Å². The highest BCUT2D eigenvalue weighted by molar-refractivity contribution is 7.09. The first-order valence-corrected chi connectivity index (χ1v) is 8.10. The number of nitrogens with zero attached hydrogens (tertiary/aromatic N) is 1. The molecule has 0 saturated carbocycles. The predicted octanol–water partition coefficient (Wildman–Crippen LogP) is 3.41. The Balaban J connectivity index is 1.96. The Morgan fingerprint density at radius 1 is 1.41 bits per heavy atom. The predicted molar refractivity (Wildman–Crippen MR) is 88.2 cm³/mol. The van der Waals surface area contributed by atoms with Gasteiger partial charge in [0.25, 0.3) is 0 Å². The maximum absolute atomic E-state index is 12.1. The lowest BCUT2D eigenvalue weighted by atomic mass is 10.0. The third-order valence-corrected chi connectivity index (χ3v) is 4.26. The first kappa shape index (κ1) is 16.3. The second kappa shape index (κ2) is 7.79. The van der Waals surface area contributed by atoms with Gasteiger partial charge in [-0.2, -0.15) is 0 Å². The molecule has 0 saturated heterocycles. The molecule has 2 aromatic rings. The Kier molecular flexibility index (Phi) is 5.77. The molecule has 1 heterocycles. The van der Waals surface area contributed by atoms with E-state index < -0.39 is 0 Å². The average molecular weight is 319 g/mol. The molecule has 5 nitrogen and oxygen atoms in total. The number of aromatic nitrogens is 1. The molecule has 1 aromatic carbocycles. The normalized spacial score (nSPS) is 11.8. The fourth-order valence-electron chi connectivity index (χ4n) is 2.20. The van der Waals surface area contributed by atoms with Crippen molar-refractivity contribution in [1.29, 1.82) is 0 Å². The first-order chi connectivity index (χ1) is 10.6. The Morgan fingerprint density at radius 3 is 2.82 bits per heavy atom. The van der Waals surface area contributed by atoms with Gasteiger partial charge in [0.1, 0.15) is 10.8 Å². The zero-order valence-corrected chi connectivity index (χ0v) is 13.9. The van der Waals surface area contributed by atoms with Crippen molar-refractivity contribution in [1.82, 2.24) is 15.6 Å². The molecule has 2 rings (SSSR count). The summed E-state index contributed by atoms with van der Waals surface area (Å²) in [6.45, 7) is 4.41. The van der Waals surface area contributed by atoms with Crippen LogP contribution >= 0.6 is 11.3 Å². The van der Waals surface area contributed by atoms with E-state index in [0.29, 0.717) is 6.54 Å². The molecule has 0 fully saturated rings. The maximum Gasteiger partial charge on any atom is 0.315 e. The van der Waals surface area contributed by atoms with Crippen LogP contribution in [0.5, 0.6) is 5.75 Å². The summed E-state index contributed by atoms with van der Waals surface area (Å²) >= 11 is 1.55. The molecular weight excluding hydrogens is 298 g/mol. The van der Waals surface area contributed by atoms with E-state index in [2.05, 4.69) is 15.6 Å². The summed E-state index contributed by atoms with van der Waals surface area (Å²) in [6, 6.07) is 7.44. The van der Waals surface area contributed by atoms with Crippen LogP contribution in [0.25, 0.3) is 0 Å². The van der Waals surface area contributed by atoms with Gasteiger partial charge in [0.2, 0.25) is 0 Å². The number of methoxy groups -OCH3 is 1. The number of hydrogen-bond acceptors (Lipinski definition) is 4. The Morgan fingerprint density at radius 2 is 2.18 bits per heavy atom. The van der Waals surface area contributed by atoms with Gasteiger partial charge in [-0.3, -0.25) is 0 Å². The van der Waals surface area contributed by atoms with Gasteiger partial charge >= 0.3 is 6.03 Å². The van der Waals surface area contributed by atoms with E-state index in [1.54, 1.807) is 18.4 Å². The number of aryl methyl sites for hydroxylation is 1. The number of ether oxygens (including phenoxy) is 1. The molecule has 0 aliphatic carbocycles. The lowest BCUT2D eigenvalue weighted by molar-refractivity contribution is 0.236. The van der Waals surface area contributed by atoms with Crippen molar-refractivity contribution >= 4 is 17.4 Å². The highest BCUT2D eigenvalue weighted by atomic mass is 32.1. The minimum absolute atomic E-state index is 0.0887. The summed E-state index contributed by atoms with van der Waals surface area (Å²) in [5, 5.41) is 8.69. The molecule has 2 N–H and O–H groups in total. The summed E-state index contributed by atoms with van der Waals surface area (Å²) in [4.78, 5) is 16.4. The van der Waals surface area contributed by atoms with Crippen LogP contribution in [0.4, 0.5) is 4.79 Å². The third-order valence-electron chi connectivity index (χ3n) is 3.29. The van der Waals surface area contributed by atoms with Crippen molar-refractivity contribution in [2.75, 3.05) is 7.11 Å². The number of thiazole rings is 1. The molecular formula is C16H21N3O2S. The number of amides is 2. The topological polar surface area (TPSA) is 63.2 Å². The monoisotopic (exact) mass is 319 g/mol. The van der Waals surface area contributed by atoms with E-state index >= 15 is 0 Å². The van der Waals surface area contributed by atoms with Crippen LogP contribution < -0.4 is 15.4 Å². The van der Waals surface area contributed by atoms with Crippen molar-refractivity contribution in [3.05, 3.63) is 45.9 Å². The van der Waals surface area contributed by atoms with Gasteiger partial charge in [-0.25, -0.2) is 9.78 Å². The number of carbonyl (C=O) groups excluding carboxylic acids is 1. The van der Waals surface area contributed by atoms with Gasteiger partial charge in [-0.1, -0.05) is 25.1 Å². The molecule has 2 amide bonds. The molecule has 118 valence electrons. The average Bonchev–Trinajstić information content (AvgIpc) is 2.96. The zero-order valence-electron chi connectivity index (χ0n) is 13.1. The smallest absolute Gasteiger partial charge is 0.315 e. The first-order valence-electron chi connectivity index (χ1n) is 7.22. The van der Waals surface area contributed by atoms with E-state index in [0.717, 1.165) is 28.4 Å². The lowest BCUT2D eigenvalue weighted by Gasteiger charge is -2.20. The number of carbonyl (C=O) groups is 1. The number of nitrogens with one attached hydrogen (secondary N) is 2. The van der Waals surface area contributed by atoms with E-state index in [1.165, 1.54) is 0 Å². The Hall–Kier alpha value is -2.08. The molecule has 1 aromatic heterocycles. The standard InChI is InChI=1S/C16H21N3O2S/c1-4-13(12-7-5-6-8-14(12)21-3)19-16(20)17-9-15-18-11(2)10-22-15/h5-8,10,13H,4,9H2,1-3H3,(H2,17,19,20)/t13-/m1/s1. The van der Waals surface area contributed by atoms with Crippen molar-refractivity contribution in [2.24, 2.45) is 0 Å². The minimum Gasteiger partial charge on any atom is -0.496 e. The number of rotatable bonds is 6. The van der Waals surface area contributed by atoms with Crippen molar-refractivity contribution in [2.45, 2.75) is 32.9 Å². The van der Waals surface area contributed by atoms with Crippen molar-refractivity contribution in [3.8, 4) is 5.75 Å². The van der Waals surface area contributed by atoms with Crippen LogP contribution in [0.15, 0.2) is 29.6 Å². The highest BCUT2D eigenvalue weighted by Gasteiger charge is 2.16. The van der Waals surface area contributed by atoms with Crippen LogP contribution in [0.3, 0.4) is 0 Å². The van der Waals surface area contributed by atoms with Gasteiger partial charge in [-0.15, -0.1) is 11.3 Å². The third kappa shape index (κ3) is 4.21. The van der Waals surface area contributed by atoms with Gasteiger partial charge in [-0.05, 0) is 19.4 Å².